The zero-order valence-corrected chi connectivity index (χ0v) is 12.4. The molecule has 0 fully saturated rings. The molecule has 0 bridgehead atoms. The highest BCUT2D eigenvalue weighted by molar-refractivity contribution is 7.17. The molecule has 2 N–H and O–H groups in total. The molecule has 0 saturated carbocycles. The molecule has 2 rings (SSSR count). The molecule has 1 heterocycles. The van der Waals surface area contributed by atoms with Gasteiger partial charge in [0.15, 0.2) is 5.01 Å². The average molecular weight is 345 g/mol. The van der Waals surface area contributed by atoms with Crippen LogP contribution in [0.2, 0.25) is 0 Å². The highest BCUT2D eigenvalue weighted by atomic mass is 32.1. The van der Waals surface area contributed by atoms with Crippen LogP contribution in [-0.2, 0) is 4.79 Å². The first-order valence-electron chi connectivity index (χ1n) is 6.16. The largest absolute Gasteiger partial charge is 0.426 e. The van der Waals surface area contributed by atoms with E-state index in [4.69, 9.17) is 0 Å². The molecule has 0 aliphatic rings. The maximum absolute atomic E-state index is 12.5. The fraction of sp³-hybridized carbons (Fsp3) is 0.231. The Morgan fingerprint density at radius 1 is 1.17 bits per heavy atom. The number of rotatable bonds is 4. The third kappa shape index (κ3) is 3.54. The van der Waals surface area contributed by atoms with Gasteiger partial charge in [-0.3, -0.25) is 14.9 Å². The molecule has 1 amide bonds. The number of amides is 1. The predicted octanol–water partition coefficient (Wildman–Crippen LogP) is 2.02. The highest BCUT2D eigenvalue weighted by Crippen LogP contribution is 2.31. The zero-order valence-electron chi connectivity index (χ0n) is 11.6. The topological polar surface area (TPSA) is 92.2 Å². The number of anilines is 1. The SMILES string of the molecule is CC(O)(C(=O)Nc1nnc(C(=O)c2ccccc2)s1)C(F)(F)F. The Balaban J connectivity index is 2.15. The first-order chi connectivity index (χ1) is 10.6. The molecular formula is C13H10F3N3O3S. The van der Waals surface area contributed by atoms with E-state index in [9.17, 15) is 27.9 Å². The molecule has 23 heavy (non-hydrogen) atoms. The number of nitrogens with one attached hydrogen (secondary N) is 1. The molecule has 1 unspecified atom stereocenters. The molecule has 122 valence electrons. The summed E-state index contributed by atoms with van der Waals surface area (Å²) in [5.41, 5.74) is -3.26. The average Bonchev–Trinajstić information content (AvgIpc) is 2.94. The number of ketones is 1. The third-order valence-corrected chi connectivity index (χ3v) is 3.71. The minimum Gasteiger partial charge on any atom is -0.373 e. The lowest BCUT2D eigenvalue weighted by atomic mass is 10.1. The van der Waals surface area contributed by atoms with Gasteiger partial charge in [-0.05, 0) is 6.92 Å². The Kier molecular flexibility index (Phi) is 4.48. The van der Waals surface area contributed by atoms with Gasteiger partial charge in [0.1, 0.15) is 0 Å². The van der Waals surface area contributed by atoms with Gasteiger partial charge in [-0.2, -0.15) is 13.2 Å². The number of carbonyl (C=O) groups is 2. The van der Waals surface area contributed by atoms with Crippen molar-refractivity contribution in [2.24, 2.45) is 0 Å². The van der Waals surface area contributed by atoms with Crippen molar-refractivity contribution in [2.45, 2.75) is 18.7 Å². The van der Waals surface area contributed by atoms with E-state index in [1.807, 2.05) is 0 Å². The molecule has 0 spiro atoms. The number of nitrogens with zero attached hydrogens (tertiary/aromatic N) is 2. The van der Waals surface area contributed by atoms with E-state index in [-0.39, 0.29) is 10.1 Å². The summed E-state index contributed by atoms with van der Waals surface area (Å²) < 4.78 is 37.6. The molecule has 1 atom stereocenters. The van der Waals surface area contributed by atoms with Gasteiger partial charge in [-0.15, -0.1) is 10.2 Å². The lowest BCUT2D eigenvalue weighted by Gasteiger charge is -2.23. The summed E-state index contributed by atoms with van der Waals surface area (Å²) in [7, 11) is 0. The predicted molar refractivity (Wildman–Crippen MR) is 75.1 cm³/mol. The van der Waals surface area contributed by atoms with Crippen LogP contribution in [0.4, 0.5) is 18.3 Å². The summed E-state index contributed by atoms with van der Waals surface area (Å²) in [6.45, 7) is 0.319. The van der Waals surface area contributed by atoms with E-state index in [1.165, 1.54) is 12.1 Å². The van der Waals surface area contributed by atoms with Crippen LogP contribution in [0.3, 0.4) is 0 Å². The monoisotopic (exact) mass is 345 g/mol. The molecule has 0 saturated heterocycles. The van der Waals surface area contributed by atoms with E-state index in [0.717, 1.165) is 0 Å². The van der Waals surface area contributed by atoms with Crippen LogP contribution in [0.5, 0.6) is 0 Å². The highest BCUT2D eigenvalue weighted by Gasteiger charge is 2.56. The van der Waals surface area contributed by atoms with Gasteiger partial charge in [0.2, 0.25) is 16.5 Å². The molecule has 0 radical (unpaired) electrons. The Hall–Kier alpha value is -2.33. The van der Waals surface area contributed by atoms with Crippen molar-refractivity contribution in [1.82, 2.24) is 10.2 Å². The van der Waals surface area contributed by atoms with Crippen LogP contribution in [0.15, 0.2) is 30.3 Å². The van der Waals surface area contributed by atoms with Crippen molar-refractivity contribution < 1.29 is 27.9 Å². The summed E-state index contributed by atoms with van der Waals surface area (Å²) in [5, 5.41) is 17.6. The van der Waals surface area contributed by atoms with E-state index in [1.54, 1.807) is 23.5 Å². The molecule has 6 nitrogen and oxygen atoms in total. The smallest absolute Gasteiger partial charge is 0.373 e. The molecule has 1 aromatic carbocycles. The Morgan fingerprint density at radius 2 is 1.78 bits per heavy atom. The fourth-order valence-electron chi connectivity index (χ4n) is 1.43. The maximum Gasteiger partial charge on any atom is 0.426 e. The summed E-state index contributed by atoms with van der Waals surface area (Å²) in [6.07, 6.45) is -5.15. The van der Waals surface area contributed by atoms with Crippen LogP contribution in [-0.4, -0.2) is 38.8 Å². The Morgan fingerprint density at radius 3 is 2.35 bits per heavy atom. The van der Waals surface area contributed by atoms with Crippen LogP contribution in [0.25, 0.3) is 0 Å². The lowest BCUT2D eigenvalue weighted by molar-refractivity contribution is -0.242. The molecule has 0 aliphatic carbocycles. The van der Waals surface area contributed by atoms with E-state index < -0.39 is 23.5 Å². The summed E-state index contributed by atoms with van der Waals surface area (Å²) in [4.78, 5) is 23.6. The number of aliphatic hydroxyl groups is 1. The third-order valence-electron chi connectivity index (χ3n) is 2.87. The second-order valence-electron chi connectivity index (χ2n) is 4.63. The summed E-state index contributed by atoms with van der Waals surface area (Å²) in [6, 6.07) is 8.06. The van der Waals surface area contributed by atoms with Gasteiger partial charge in [0, 0.05) is 5.56 Å². The number of carbonyl (C=O) groups excluding carboxylic acids is 2. The zero-order chi connectivity index (χ0) is 17.3. The van der Waals surface area contributed by atoms with Gasteiger partial charge in [-0.1, -0.05) is 41.7 Å². The number of hydrogen-bond donors (Lipinski definition) is 2. The van der Waals surface area contributed by atoms with Gasteiger partial charge in [0.05, 0.1) is 0 Å². The van der Waals surface area contributed by atoms with E-state index >= 15 is 0 Å². The molecular weight excluding hydrogens is 335 g/mol. The van der Waals surface area contributed by atoms with E-state index in [2.05, 4.69) is 10.2 Å². The van der Waals surface area contributed by atoms with Crippen molar-refractivity contribution in [2.75, 3.05) is 5.32 Å². The second-order valence-corrected chi connectivity index (χ2v) is 5.61. The second kappa shape index (κ2) is 6.05. The maximum atomic E-state index is 12.5. The van der Waals surface area contributed by atoms with Crippen molar-refractivity contribution in [1.29, 1.82) is 0 Å². The Bertz CT molecular complexity index is 729. The Labute approximate surface area is 132 Å². The quantitative estimate of drug-likeness (QED) is 0.827. The summed E-state index contributed by atoms with van der Waals surface area (Å²) >= 11 is 0.609. The van der Waals surface area contributed by atoms with Crippen LogP contribution < -0.4 is 5.32 Å². The van der Waals surface area contributed by atoms with Crippen molar-refractivity contribution in [3.63, 3.8) is 0 Å². The number of aromatic nitrogens is 2. The van der Waals surface area contributed by atoms with Crippen molar-refractivity contribution >= 4 is 28.2 Å². The van der Waals surface area contributed by atoms with Gasteiger partial charge < -0.3 is 5.11 Å². The van der Waals surface area contributed by atoms with E-state index in [0.29, 0.717) is 23.8 Å². The molecule has 1 aromatic heterocycles. The number of benzene rings is 1. The summed E-state index contributed by atoms with van der Waals surface area (Å²) in [5.74, 6) is -2.19. The van der Waals surface area contributed by atoms with Crippen molar-refractivity contribution in [3.8, 4) is 0 Å². The first kappa shape index (κ1) is 17.0. The van der Waals surface area contributed by atoms with Crippen LogP contribution in [0, 0.1) is 0 Å². The first-order valence-corrected chi connectivity index (χ1v) is 6.98. The van der Waals surface area contributed by atoms with Gasteiger partial charge in [-0.25, -0.2) is 0 Å². The number of alkyl halides is 3. The van der Waals surface area contributed by atoms with Gasteiger partial charge in [0.25, 0.3) is 5.91 Å². The van der Waals surface area contributed by atoms with Crippen LogP contribution in [0.1, 0.15) is 22.3 Å². The van der Waals surface area contributed by atoms with Gasteiger partial charge >= 0.3 is 6.18 Å². The minimum absolute atomic E-state index is 0.0989. The van der Waals surface area contributed by atoms with Crippen LogP contribution >= 0.6 is 11.3 Å². The standard InChI is InChI=1S/C13H10F3N3O3S/c1-12(22,13(14,15)16)10(21)17-11-19-18-9(23-11)8(20)7-5-3-2-4-6-7/h2-6,22H,1H3,(H,17,19,21). The molecule has 0 aliphatic heterocycles. The minimum atomic E-state index is -5.15. The molecule has 2 aromatic rings. The fourth-order valence-corrected chi connectivity index (χ4v) is 2.13. The number of halogens is 3. The number of hydrogen-bond acceptors (Lipinski definition) is 6. The lowest BCUT2D eigenvalue weighted by Crippen LogP contribution is -2.52. The van der Waals surface area contributed by atoms with Crippen molar-refractivity contribution in [3.05, 3.63) is 40.9 Å². The normalized spacial score (nSPS) is 14.1. The molecule has 10 heteroatoms.